The van der Waals surface area contributed by atoms with Crippen LogP contribution in [0.4, 0.5) is 11.4 Å². The standard InChI is InChI=1S/C18H16BrClN2O2/c1-11-4-2-3-5-16(11)22-10-12(8-17(22)23)18(24)21-15-7-6-13(19)9-14(15)20/h2-7,9,12H,8,10H2,1H3,(H,21,24)/t12-/m1/s1. The third kappa shape index (κ3) is 3.47. The zero-order chi connectivity index (χ0) is 17.3. The number of nitrogens with one attached hydrogen (secondary N) is 1. The van der Waals surface area contributed by atoms with Crippen LogP contribution in [0.3, 0.4) is 0 Å². The minimum Gasteiger partial charge on any atom is -0.324 e. The maximum absolute atomic E-state index is 12.5. The van der Waals surface area contributed by atoms with Gasteiger partial charge in [0.25, 0.3) is 0 Å². The van der Waals surface area contributed by atoms with Crippen LogP contribution in [0.15, 0.2) is 46.9 Å². The lowest BCUT2D eigenvalue weighted by Gasteiger charge is -2.19. The topological polar surface area (TPSA) is 49.4 Å². The molecular formula is C18H16BrClN2O2. The van der Waals surface area contributed by atoms with Crippen molar-refractivity contribution in [2.75, 3.05) is 16.8 Å². The molecule has 24 heavy (non-hydrogen) atoms. The van der Waals surface area contributed by atoms with Gasteiger partial charge in [-0.3, -0.25) is 9.59 Å². The zero-order valence-electron chi connectivity index (χ0n) is 13.1. The van der Waals surface area contributed by atoms with Crippen LogP contribution in [0.2, 0.25) is 5.02 Å². The third-order valence-corrected chi connectivity index (χ3v) is 4.90. The Morgan fingerprint density at radius 2 is 2.04 bits per heavy atom. The summed E-state index contributed by atoms with van der Waals surface area (Å²) in [5.74, 6) is -0.619. The van der Waals surface area contributed by atoms with E-state index in [0.717, 1.165) is 15.7 Å². The number of para-hydroxylation sites is 1. The lowest BCUT2D eigenvalue weighted by atomic mass is 10.1. The van der Waals surface area contributed by atoms with E-state index in [9.17, 15) is 9.59 Å². The predicted molar refractivity (Wildman–Crippen MR) is 99.4 cm³/mol. The smallest absolute Gasteiger partial charge is 0.229 e. The first-order valence-electron chi connectivity index (χ1n) is 7.57. The molecule has 0 spiro atoms. The van der Waals surface area contributed by atoms with Crippen molar-refractivity contribution in [1.82, 2.24) is 0 Å². The lowest BCUT2D eigenvalue weighted by Crippen LogP contribution is -2.28. The number of carbonyl (C=O) groups is 2. The van der Waals surface area contributed by atoms with E-state index >= 15 is 0 Å². The van der Waals surface area contributed by atoms with E-state index in [0.29, 0.717) is 17.3 Å². The summed E-state index contributed by atoms with van der Waals surface area (Å²) in [6.45, 7) is 2.33. The molecule has 4 nitrogen and oxygen atoms in total. The van der Waals surface area contributed by atoms with E-state index in [4.69, 9.17) is 11.6 Å². The minimum atomic E-state index is -0.392. The summed E-state index contributed by atoms with van der Waals surface area (Å²) in [5, 5.41) is 3.27. The summed E-state index contributed by atoms with van der Waals surface area (Å²) in [6, 6.07) is 12.9. The molecule has 3 rings (SSSR count). The first-order valence-corrected chi connectivity index (χ1v) is 8.74. The van der Waals surface area contributed by atoms with Gasteiger partial charge in [0.2, 0.25) is 11.8 Å². The summed E-state index contributed by atoms with van der Waals surface area (Å²) in [6.07, 6.45) is 0.203. The van der Waals surface area contributed by atoms with Gasteiger partial charge in [-0.15, -0.1) is 0 Å². The number of carbonyl (C=O) groups excluding carboxylic acids is 2. The van der Waals surface area contributed by atoms with Gasteiger partial charge < -0.3 is 10.2 Å². The van der Waals surface area contributed by atoms with Crippen molar-refractivity contribution in [2.45, 2.75) is 13.3 Å². The number of rotatable bonds is 3. The van der Waals surface area contributed by atoms with Crippen molar-refractivity contribution in [1.29, 1.82) is 0 Å². The zero-order valence-corrected chi connectivity index (χ0v) is 15.4. The van der Waals surface area contributed by atoms with Crippen molar-refractivity contribution < 1.29 is 9.59 Å². The number of anilines is 2. The average Bonchev–Trinajstić information content (AvgIpc) is 2.92. The molecule has 1 heterocycles. The van der Waals surface area contributed by atoms with E-state index in [1.807, 2.05) is 31.2 Å². The quantitative estimate of drug-likeness (QED) is 0.819. The van der Waals surface area contributed by atoms with Gasteiger partial charge in [-0.2, -0.15) is 0 Å². The number of halogens is 2. The molecule has 1 aliphatic heterocycles. The summed E-state index contributed by atoms with van der Waals surface area (Å²) in [5.41, 5.74) is 2.42. The molecule has 0 unspecified atom stereocenters. The highest BCUT2D eigenvalue weighted by molar-refractivity contribution is 9.10. The van der Waals surface area contributed by atoms with Gasteiger partial charge in [-0.25, -0.2) is 0 Å². The second-order valence-corrected chi connectivity index (χ2v) is 7.13. The second kappa shape index (κ2) is 6.95. The number of amides is 2. The number of nitrogens with zero attached hydrogens (tertiary/aromatic N) is 1. The van der Waals surface area contributed by atoms with Gasteiger partial charge in [0.15, 0.2) is 0 Å². The van der Waals surface area contributed by atoms with Crippen LogP contribution in [-0.2, 0) is 9.59 Å². The second-order valence-electron chi connectivity index (χ2n) is 5.81. The van der Waals surface area contributed by atoms with E-state index in [1.165, 1.54) is 0 Å². The van der Waals surface area contributed by atoms with Crippen molar-refractivity contribution in [3.63, 3.8) is 0 Å². The van der Waals surface area contributed by atoms with Crippen molar-refractivity contribution in [3.05, 3.63) is 57.5 Å². The molecule has 0 radical (unpaired) electrons. The van der Waals surface area contributed by atoms with Gasteiger partial charge in [-0.05, 0) is 36.8 Å². The lowest BCUT2D eigenvalue weighted by molar-refractivity contribution is -0.122. The van der Waals surface area contributed by atoms with Crippen molar-refractivity contribution >= 4 is 50.7 Å². The molecule has 6 heteroatoms. The molecule has 2 amide bonds. The largest absolute Gasteiger partial charge is 0.324 e. The molecule has 1 saturated heterocycles. The summed E-state index contributed by atoms with van der Waals surface area (Å²) in [7, 11) is 0. The van der Waals surface area contributed by atoms with E-state index in [2.05, 4.69) is 21.2 Å². The van der Waals surface area contributed by atoms with Crippen molar-refractivity contribution in [2.24, 2.45) is 5.92 Å². The third-order valence-electron chi connectivity index (χ3n) is 4.09. The first kappa shape index (κ1) is 17.0. The summed E-state index contributed by atoms with van der Waals surface area (Å²) >= 11 is 9.46. The molecular weight excluding hydrogens is 392 g/mol. The van der Waals surface area contributed by atoms with Gasteiger partial charge in [0.05, 0.1) is 16.6 Å². The molecule has 1 N–H and O–H groups in total. The van der Waals surface area contributed by atoms with Gasteiger partial charge >= 0.3 is 0 Å². The normalized spacial score (nSPS) is 17.2. The van der Waals surface area contributed by atoms with Crippen LogP contribution in [0.5, 0.6) is 0 Å². The molecule has 1 atom stereocenters. The Kier molecular flexibility index (Phi) is 4.92. The molecule has 124 valence electrons. The minimum absolute atomic E-state index is 0.0358. The van der Waals surface area contributed by atoms with Crippen LogP contribution in [-0.4, -0.2) is 18.4 Å². The Hall–Kier alpha value is -1.85. The summed E-state index contributed by atoms with van der Waals surface area (Å²) < 4.78 is 0.840. The molecule has 0 aromatic heterocycles. The van der Waals surface area contributed by atoms with Crippen LogP contribution >= 0.6 is 27.5 Å². The van der Waals surface area contributed by atoms with E-state index < -0.39 is 5.92 Å². The van der Waals surface area contributed by atoms with Crippen LogP contribution < -0.4 is 10.2 Å². The van der Waals surface area contributed by atoms with Crippen LogP contribution in [0.25, 0.3) is 0 Å². The predicted octanol–water partition coefficient (Wildman–Crippen LogP) is 4.40. The summed E-state index contributed by atoms with van der Waals surface area (Å²) in [4.78, 5) is 26.5. The van der Waals surface area contributed by atoms with Gasteiger partial charge in [0, 0.05) is 23.1 Å². The average molecular weight is 408 g/mol. The Balaban J connectivity index is 1.73. The maximum atomic E-state index is 12.5. The Bertz CT molecular complexity index is 809. The molecule has 1 fully saturated rings. The number of hydrogen-bond donors (Lipinski definition) is 1. The highest BCUT2D eigenvalue weighted by Gasteiger charge is 2.35. The fourth-order valence-corrected chi connectivity index (χ4v) is 3.53. The van der Waals surface area contributed by atoms with E-state index in [1.54, 1.807) is 23.1 Å². The number of aryl methyl sites for hydroxylation is 1. The van der Waals surface area contributed by atoms with Crippen LogP contribution in [0.1, 0.15) is 12.0 Å². The maximum Gasteiger partial charge on any atom is 0.229 e. The van der Waals surface area contributed by atoms with Crippen LogP contribution in [0, 0.1) is 12.8 Å². The molecule has 1 aliphatic rings. The number of benzene rings is 2. The number of hydrogen-bond acceptors (Lipinski definition) is 2. The molecule has 2 aromatic rings. The first-order chi connectivity index (χ1) is 11.5. The Labute approximate surface area is 153 Å². The molecule has 0 bridgehead atoms. The fraction of sp³-hybridized carbons (Fsp3) is 0.222. The Morgan fingerprint density at radius 3 is 2.75 bits per heavy atom. The van der Waals surface area contributed by atoms with Gasteiger partial charge in [0.1, 0.15) is 0 Å². The highest BCUT2D eigenvalue weighted by atomic mass is 79.9. The van der Waals surface area contributed by atoms with E-state index in [-0.39, 0.29) is 18.2 Å². The monoisotopic (exact) mass is 406 g/mol. The highest BCUT2D eigenvalue weighted by Crippen LogP contribution is 2.30. The fourth-order valence-electron chi connectivity index (χ4n) is 2.81. The van der Waals surface area contributed by atoms with Crippen molar-refractivity contribution in [3.8, 4) is 0 Å². The Morgan fingerprint density at radius 1 is 1.29 bits per heavy atom. The molecule has 0 aliphatic carbocycles. The SMILES string of the molecule is Cc1ccccc1N1C[C@H](C(=O)Nc2ccc(Br)cc2Cl)CC1=O. The molecule has 0 saturated carbocycles. The molecule has 2 aromatic carbocycles. The van der Waals surface area contributed by atoms with Gasteiger partial charge in [-0.1, -0.05) is 45.7 Å².